The molecule has 1 amide bonds. The second-order valence-corrected chi connectivity index (χ2v) is 6.17. The summed E-state index contributed by atoms with van der Waals surface area (Å²) in [5.41, 5.74) is -0.632. The highest BCUT2D eigenvalue weighted by Gasteiger charge is 2.35. The smallest absolute Gasteiger partial charge is 0.221 e. The quantitative estimate of drug-likeness (QED) is 0.779. The van der Waals surface area contributed by atoms with Crippen molar-refractivity contribution >= 4 is 5.91 Å². The number of piperidine rings is 1. The molecule has 0 radical (unpaired) electrons. The molecule has 0 aromatic rings. The highest BCUT2D eigenvalue weighted by atomic mass is 16.1. The zero-order valence-electron chi connectivity index (χ0n) is 13.2. The van der Waals surface area contributed by atoms with Crippen molar-refractivity contribution in [2.75, 3.05) is 20.1 Å². The average Bonchev–Trinajstić information content (AvgIpc) is 2.46. The SMILES string of the molecule is CCCCC(CC)CC(=O)NC1(C#N)CCN(C)CC1. The van der Waals surface area contributed by atoms with Crippen molar-refractivity contribution in [1.82, 2.24) is 10.2 Å². The number of likely N-dealkylation sites (tertiary alicyclic amines) is 1. The number of carbonyl (C=O) groups excluding carboxylic acids is 1. The maximum atomic E-state index is 12.2. The highest BCUT2D eigenvalue weighted by molar-refractivity contribution is 5.77. The second-order valence-electron chi connectivity index (χ2n) is 6.17. The lowest BCUT2D eigenvalue weighted by molar-refractivity contribution is -0.123. The monoisotopic (exact) mass is 279 g/mol. The summed E-state index contributed by atoms with van der Waals surface area (Å²) in [6, 6.07) is 2.34. The molecule has 1 saturated heterocycles. The van der Waals surface area contributed by atoms with E-state index in [1.807, 2.05) is 0 Å². The number of rotatable bonds is 7. The number of nitrogens with zero attached hydrogens (tertiary/aromatic N) is 2. The van der Waals surface area contributed by atoms with Gasteiger partial charge in [0.1, 0.15) is 5.54 Å². The number of amides is 1. The summed E-state index contributed by atoms with van der Waals surface area (Å²) in [6.07, 6.45) is 6.54. The third-order valence-corrected chi connectivity index (χ3v) is 4.45. The third kappa shape index (κ3) is 5.13. The lowest BCUT2D eigenvalue weighted by Gasteiger charge is -2.36. The summed E-state index contributed by atoms with van der Waals surface area (Å²) >= 11 is 0. The summed E-state index contributed by atoms with van der Waals surface area (Å²) in [4.78, 5) is 14.4. The maximum Gasteiger partial charge on any atom is 0.221 e. The van der Waals surface area contributed by atoms with Gasteiger partial charge in [-0.3, -0.25) is 4.79 Å². The van der Waals surface area contributed by atoms with Crippen LogP contribution in [0, 0.1) is 17.2 Å². The van der Waals surface area contributed by atoms with E-state index in [-0.39, 0.29) is 5.91 Å². The van der Waals surface area contributed by atoms with Gasteiger partial charge < -0.3 is 10.2 Å². The zero-order valence-corrected chi connectivity index (χ0v) is 13.2. The lowest BCUT2D eigenvalue weighted by Crippen LogP contribution is -2.54. The Morgan fingerprint density at radius 2 is 2.05 bits per heavy atom. The fourth-order valence-corrected chi connectivity index (χ4v) is 2.79. The predicted molar refractivity (Wildman–Crippen MR) is 81.1 cm³/mol. The van der Waals surface area contributed by atoms with Crippen molar-refractivity contribution < 1.29 is 4.79 Å². The first-order valence-electron chi connectivity index (χ1n) is 7.96. The van der Waals surface area contributed by atoms with Crippen LogP contribution in [0.3, 0.4) is 0 Å². The molecule has 114 valence electrons. The third-order valence-electron chi connectivity index (χ3n) is 4.45. The van der Waals surface area contributed by atoms with E-state index in [0.717, 1.165) is 38.8 Å². The Kier molecular flexibility index (Phi) is 7.01. The molecule has 1 rings (SSSR count). The molecule has 4 heteroatoms. The average molecular weight is 279 g/mol. The zero-order chi connectivity index (χ0) is 15.0. The molecular formula is C16H29N3O. The summed E-state index contributed by atoms with van der Waals surface area (Å²) < 4.78 is 0. The normalized spacial score (nSPS) is 20.1. The van der Waals surface area contributed by atoms with Crippen molar-refractivity contribution in [2.24, 2.45) is 5.92 Å². The minimum atomic E-state index is -0.632. The standard InChI is InChI=1S/C16H29N3O/c1-4-6-7-14(5-2)12-15(20)18-16(13-17)8-10-19(3)11-9-16/h14H,4-12H2,1-3H3,(H,18,20). The van der Waals surface area contributed by atoms with Crippen LogP contribution in [0.4, 0.5) is 0 Å². The van der Waals surface area contributed by atoms with E-state index in [0.29, 0.717) is 12.3 Å². The molecule has 0 aliphatic carbocycles. The summed E-state index contributed by atoms with van der Waals surface area (Å²) in [7, 11) is 2.06. The number of unbranched alkanes of at least 4 members (excludes halogenated alkanes) is 1. The summed E-state index contributed by atoms with van der Waals surface area (Å²) in [5.74, 6) is 0.510. The fraction of sp³-hybridized carbons (Fsp3) is 0.875. The molecule has 1 aliphatic heterocycles. The second kappa shape index (κ2) is 8.26. The van der Waals surface area contributed by atoms with Gasteiger partial charge in [0, 0.05) is 19.5 Å². The van der Waals surface area contributed by atoms with Gasteiger partial charge in [-0.05, 0) is 32.2 Å². The van der Waals surface area contributed by atoms with E-state index in [1.165, 1.54) is 12.8 Å². The first-order valence-corrected chi connectivity index (χ1v) is 7.96. The first-order chi connectivity index (χ1) is 9.55. The molecule has 0 saturated carbocycles. The Hall–Kier alpha value is -1.08. The summed E-state index contributed by atoms with van der Waals surface area (Å²) in [5, 5.41) is 12.4. The summed E-state index contributed by atoms with van der Waals surface area (Å²) in [6.45, 7) is 6.07. The predicted octanol–water partition coefficient (Wildman–Crippen LogP) is 2.70. The molecule has 1 heterocycles. The van der Waals surface area contributed by atoms with Crippen LogP contribution in [-0.2, 0) is 4.79 Å². The van der Waals surface area contributed by atoms with E-state index in [1.54, 1.807) is 0 Å². The molecule has 1 atom stereocenters. The lowest BCUT2D eigenvalue weighted by atomic mass is 9.88. The highest BCUT2D eigenvalue weighted by Crippen LogP contribution is 2.22. The van der Waals surface area contributed by atoms with E-state index >= 15 is 0 Å². The van der Waals surface area contributed by atoms with E-state index in [2.05, 4.69) is 37.2 Å². The van der Waals surface area contributed by atoms with Crippen molar-refractivity contribution in [2.45, 2.75) is 64.3 Å². The van der Waals surface area contributed by atoms with Crippen molar-refractivity contribution in [3.05, 3.63) is 0 Å². The molecule has 0 aromatic heterocycles. The number of nitrogens with one attached hydrogen (secondary N) is 1. The van der Waals surface area contributed by atoms with Gasteiger partial charge in [0.25, 0.3) is 0 Å². The van der Waals surface area contributed by atoms with Crippen LogP contribution < -0.4 is 5.32 Å². The molecule has 1 N–H and O–H groups in total. The Balaban J connectivity index is 2.49. The molecule has 20 heavy (non-hydrogen) atoms. The Bertz CT molecular complexity index is 340. The van der Waals surface area contributed by atoms with Crippen LogP contribution in [0.1, 0.15) is 58.8 Å². The topological polar surface area (TPSA) is 56.1 Å². The Morgan fingerprint density at radius 1 is 1.40 bits per heavy atom. The minimum absolute atomic E-state index is 0.0547. The van der Waals surface area contributed by atoms with Gasteiger partial charge in [-0.2, -0.15) is 5.26 Å². The first kappa shape index (κ1) is 17.0. The molecule has 0 bridgehead atoms. The van der Waals surface area contributed by atoms with Crippen molar-refractivity contribution in [1.29, 1.82) is 5.26 Å². The maximum absolute atomic E-state index is 12.2. The van der Waals surface area contributed by atoms with Gasteiger partial charge in [0.05, 0.1) is 6.07 Å². The van der Waals surface area contributed by atoms with Crippen molar-refractivity contribution in [3.8, 4) is 6.07 Å². The molecule has 1 fully saturated rings. The van der Waals surface area contributed by atoms with Crippen LogP contribution in [0.25, 0.3) is 0 Å². The number of carbonyl (C=O) groups is 1. The largest absolute Gasteiger partial charge is 0.338 e. The number of hydrogen-bond acceptors (Lipinski definition) is 3. The van der Waals surface area contributed by atoms with Crippen LogP contribution in [-0.4, -0.2) is 36.5 Å². The van der Waals surface area contributed by atoms with Gasteiger partial charge in [-0.1, -0.05) is 33.1 Å². The van der Waals surface area contributed by atoms with E-state index < -0.39 is 5.54 Å². The molecule has 0 spiro atoms. The molecule has 0 aromatic carbocycles. The van der Waals surface area contributed by atoms with E-state index in [4.69, 9.17) is 0 Å². The van der Waals surface area contributed by atoms with Crippen molar-refractivity contribution in [3.63, 3.8) is 0 Å². The Labute approximate surface area is 123 Å². The molecule has 4 nitrogen and oxygen atoms in total. The van der Waals surface area contributed by atoms with E-state index in [9.17, 15) is 10.1 Å². The van der Waals surface area contributed by atoms with Crippen LogP contribution >= 0.6 is 0 Å². The van der Waals surface area contributed by atoms with Gasteiger partial charge >= 0.3 is 0 Å². The van der Waals surface area contributed by atoms with Gasteiger partial charge in [0.2, 0.25) is 5.91 Å². The van der Waals surface area contributed by atoms with Gasteiger partial charge in [-0.25, -0.2) is 0 Å². The van der Waals surface area contributed by atoms with Gasteiger partial charge in [-0.15, -0.1) is 0 Å². The Morgan fingerprint density at radius 3 is 2.55 bits per heavy atom. The van der Waals surface area contributed by atoms with Crippen LogP contribution in [0.5, 0.6) is 0 Å². The fourth-order valence-electron chi connectivity index (χ4n) is 2.79. The molecule has 1 unspecified atom stereocenters. The van der Waals surface area contributed by atoms with Crippen LogP contribution in [0.2, 0.25) is 0 Å². The van der Waals surface area contributed by atoms with Gasteiger partial charge in [0.15, 0.2) is 0 Å². The van der Waals surface area contributed by atoms with Crippen LogP contribution in [0.15, 0.2) is 0 Å². The molecular weight excluding hydrogens is 250 g/mol. The minimum Gasteiger partial charge on any atom is -0.338 e. The molecule has 1 aliphatic rings. The number of nitriles is 1. The number of hydrogen-bond donors (Lipinski definition) is 1.